The zero-order chi connectivity index (χ0) is 24.2. The van der Waals surface area contributed by atoms with Crippen LogP contribution >= 0.6 is 0 Å². The van der Waals surface area contributed by atoms with Crippen molar-refractivity contribution in [3.63, 3.8) is 0 Å². The van der Waals surface area contributed by atoms with Crippen molar-refractivity contribution in [1.29, 1.82) is 0 Å². The Morgan fingerprint density at radius 2 is 1.77 bits per heavy atom. The number of nitrogens with one attached hydrogen (secondary N) is 1. The van der Waals surface area contributed by atoms with Crippen molar-refractivity contribution in [2.75, 3.05) is 50.8 Å². The van der Waals surface area contributed by atoms with Gasteiger partial charge in [0.25, 0.3) is 11.8 Å². The number of hydrogen-bond donors (Lipinski definition) is 1. The Kier molecular flexibility index (Phi) is 7.11. The van der Waals surface area contributed by atoms with Crippen LogP contribution in [0, 0.1) is 0 Å². The molecule has 184 valence electrons. The highest BCUT2D eigenvalue weighted by Crippen LogP contribution is 2.33. The Labute approximate surface area is 205 Å². The van der Waals surface area contributed by atoms with Crippen molar-refractivity contribution >= 4 is 23.4 Å². The first-order chi connectivity index (χ1) is 17.1. The van der Waals surface area contributed by atoms with Gasteiger partial charge in [0.15, 0.2) is 0 Å². The van der Waals surface area contributed by atoms with Crippen LogP contribution in [0.25, 0.3) is 0 Å². The molecule has 3 heterocycles. The maximum Gasteiger partial charge on any atom is 0.256 e. The Morgan fingerprint density at radius 1 is 1.00 bits per heavy atom. The lowest BCUT2D eigenvalue weighted by Gasteiger charge is -2.27. The number of nitrogens with zero attached hydrogens (tertiary/aromatic N) is 3. The van der Waals surface area contributed by atoms with Crippen molar-refractivity contribution in [2.45, 2.75) is 31.8 Å². The lowest BCUT2D eigenvalue weighted by Crippen LogP contribution is -2.44. The van der Waals surface area contributed by atoms with Gasteiger partial charge in [-0.15, -0.1) is 0 Å². The minimum absolute atomic E-state index is 0.0819. The summed E-state index contributed by atoms with van der Waals surface area (Å²) in [5.41, 5.74) is 2.47. The summed E-state index contributed by atoms with van der Waals surface area (Å²) in [6, 6.07) is 14.2. The topological polar surface area (TPSA) is 82.2 Å². The van der Waals surface area contributed by atoms with Crippen LogP contribution in [-0.4, -0.2) is 79.5 Å². The number of rotatable bonds is 7. The second-order valence-corrected chi connectivity index (χ2v) is 9.32. The van der Waals surface area contributed by atoms with Crippen LogP contribution in [0.2, 0.25) is 0 Å². The predicted molar refractivity (Wildman–Crippen MR) is 132 cm³/mol. The van der Waals surface area contributed by atoms with Gasteiger partial charge in [0, 0.05) is 31.7 Å². The molecule has 35 heavy (non-hydrogen) atoms. The van der Waals surface area contributed by atoms with E-state index in [1.807, 2.05) is 36.4 Å². The van der Waals surface area contributed by atoms with Crippen LogP contribution in [0.3, 0.4) is 0 Å². The molecule has 2 fully saturated rings. The van der Waals surface area contributed by atoms with Gasteiger partial charge in [-0.2, -0.15) is 0 Å². The third-order valence-corrected chi connectivity index (χ3v) is 7.12. The van der Waals surface area contributed by atoms with Gasteiger partial charge in [-0.25, -0.2) is 0 Å². The summed E-state index contributed by atoms with van der Waals surface area (Å²) in [4.78, 5) is 45.6. The number of hydrogen-bond acceptors (Lipinski definition) is 5. The molecule has 8 heteroatoms. The Morgan fingerprint density at radius 3 is 2.63 bits per heavy atom. The van der Waals surface area contributed by atoms with Crippen LogP contribution in [0.15, 0.2) is 48.5 Å². The molecule has 0 spiro atoms. The number of ether oxygens (including phenoxy) is 1. The summed E-state index contributed by atoms with van der Waals surface area (Å²) >= 11 is 0. The number of fused-ring (bicyclic) bond motifs is 2. The average molecular weight is 477 g/mol. The van der Waals surface area contributed by atoms with Crippen LogP contribution in [0.4, 0.5) is 5.69 Å². The number of morpholine rings is 1. The zero-order valence-electron chi connectivity index (χ0n) is 19.9. The van der Waals surface area contributed by atoms with Crippen LogP contribution in [0.1, 0.15) is 45.5 Å². The maximum atomic E-state index is 13.6. The van der Waals surface area contributed by atoms with Crippen molar-refractivity contribution in [3.8, 4) is 0 Å². The normalized spacial score (nSPS) is 20.4. The number of carbonyl (C=O) groups excluding carboxylic acids is 3. The number of amides is 3. The first kappa shape index (κ1) is 23.5. The van der Waals surface area contributed by atoms with E-state index < -0.39 is 6.04 Å². The first-order valence-electron chi connectivity index (χ1n) is 12.5. The van der Waals surface area contributed by atoms with Crippen LogP contribution in [0.5, 0.6) is 0 Å². The summed E-state index contributed by atoms with van der Waals surface area (Å²) in [7, 11) is 0. The molecule has 0 aromatic heterocycles. The molecular formula is C27H32N4O4. The number of benzene rings is 2. The molecular weight excluding hydrogens is 444 g/mol. The molecule has 2 saturated heterocycles. The van der Waals surface area contributed by atoms with Crippen LogP contribution < -0.4 is 10.2 Å². The minimum atomic E-state index is -0.448. The van der Waals surface area contributed by atoms with E-state index in [-0.39, 0.29) is 24.3 Å². The molecule has 1 N–H and O–H groups in total. The number of carbonyl (C=O) groups is 3. The average Bonchev–Trinajstić information content (AvgIpc) is 3.37. The molecule has 2 aromatic carbocycles. The van der Waals surface area contributed by atoms with Crippen molar-refractivity contribution in [2.24, 2.45) is 0 Å². The van der Waals surface area contributed by atoms with Gasteiger partial charge in [0.05, 0.1) is 31.0 Å². The van der Waals surface area contributed by atoms with Crippen molar-refractivity contribution in [3.05, 3.63) is 65.2 Å². The summed E-state index contributed by atoms with van der Waals surface area (Å²) in [5, 5.41) is 3.04. The van der Waals surface area contributed by atoms with Gasteiger partial charge in [-0.3, -0.25) is 19.3 Å². The van der Waals surface area contributed by atoms with E-state index in [1.54, 1.807) is 21.9 Å². The Hall–Kier alpha value is -3.23. The molecule has 0 saturated carbocycles. The zero-order valence-corrected chi connectivity index (χ0v) is 19.9. The number of para-hydroxylation sites is 1. The fourth-order valence-corrected chi connectivity index (χ4v) is 5.25. The van der Waals surface area contributed by atoms with Gasteiger partial charge >= 0.3 is 0 Å². The second kappa shape index (κ2) is 10.6. The summed E-state index contributed by atoms with van der Waals surface area (Å²) < 4.78 is 5.38. The second-order valence-electron chi connectivity index (χ2n) is 9.32. The Balaban J connectivity index is 1.32. The molecule has 3 amide bonds. The van der Waals surface area contributed by atoms with Gasteiger partial charge < -0.3 is 19.9 Å². The highest BCUT2D eigenvalue weighted by atomic mass is 16.5. The monoisotopic (exact) mass is 476 g/mol. The van der Waals surface area contributed by atoms with Gasteiger partial charge in [0.2, 0.25) is 5.91 Å². The van der Waals surface area contributed by atoms with E-state index in [0.717, 1.165) is 51.3 Å². The molecule has 2 aromatic rings. The standard InChI is InChI=1S/C27H32N4O4/c32-25(28-12-6-13-29-15-17-35-18-16-29)21-8-2-1-7-20(21)19-31-23-10-4-3-9-22(23)26(33)30-14-5-11-24(30)27(31)34/h1-4,7-10,24H,5-6,11-19H2,(H,28,32)/t24-/m0/s1. The SMILES string of the molecule is O=C(NCCCN1CCOCC1)c1ccccc1CN1C(=O)[C@@H]2CCCN2C(=O)c2ccccc21. The third kappa shape index (κ3) is 4.94. The summed E-state index contributed by atoms with van der Waals surface area (Å²) in [6.07, 6.45) is 2.35. The maximum absolute atomic E-state index is 13.6. The van der Waals surface area contributed by atoms with Gasteiger partial charge in [-0.05, 0) is 49.6 Å². The van der Waals surface area contributed by atoms with E-state index in [4.69, 9.17) is 4.74 Å². The van der Waals surface area contributed by atoms with Crippen molar-refractivity contribution < 1.29 is 19.1 Å². The summed E-state index contributed by atoms with van der Waals surface area (Å²) in [5.74, 6) is -0.316. The van der Waals surface area contributed by atoms with E-state index in [1.165, 1.54) is 0 Å². The fraction of sp³-hybridized carbons (Fsp3) is 0.444. The minimum Gasteiger partial charge on any atom is -0.379 e. The predicted octanol–water partition coefficient (Wildman–Crippen LogP) is 2.29. The van der Waals surface area contributed by atoms with Gasteiger partial charge in [-0.1, -0.05) is 30.3 Å². The lowest BCUT2D eigenvalue weighted by atomic mass is 10.0. The van der Waals surface area contributed by atoms with E-state index in [2.05, 4.69) is 10.2 Å². The molecule has 3 aliphatic heterocycles. The largest absolute Gasteiger partial charge is 0.379 e. The van der Waals surface area contributed by atoms with E-state index in [9.17, 15) is 14.4 Å². The van der Waals surface area contributed by atoms with Crippen LogP contribution in [-0.2, 0) is 16.1 Å². The molecule has 0 bridgehead atoms. The first-order valence-corrected chi connectivity index (χ1v) is 12.5. The number of anilines is 1. The molecule has 5 rings (SSSR count). The lowest BCUT2D eigenvalue weighted by molar-refractivity contribution is -0.122. The molecule has 1 atom stereocenters. The molecule has 0 unspecified atom stereocenters. The van der Waals surface area contributed by atoms with Gasteiger partial charge in [0.1, 0.15) is 6.04 Å². The van der Waals surface area contributed by atoms with Crippen molar-refractivity contribution in [1.82, 2.24) is 15.1 Å². The molecule has 0 aliphatic carbocycles. The molecule has 8 nitrogen and oxygen atoms in total. The molecule has 3 aliphatic rings. The highest BCUT2D eigenvalue weighted by Gasteiger charge is 2.42. The van der Waals surface area contributed by atoms with E-state index in [0.29, 0.717) is 36.3 Å². The quantitative estimate of drug-likeness (QED) is 0.620. The highest BCUT2D eigenvalue weighted by molar-refractivity contribution is 6.11. The smallest absolute Gasteiger partial charge is 0.256 e. The Bertz CT molecular complexity index is 1100. The van der Waals surface area contributed by atoms with E-state index >= 15 is 0 Å². The fourth-order valence-electron chi connectivity index (χ4n) is 5.25. The molecule has 0 radical (unpaired) electrons. The third-order valence-electron chi connectivity index (χ3n) is 7.12. The summed E-state index contributed by atoms with van der Waals surface area (Å²) in [6.45, 7) is 5.75.